The van der Waals surface area contributed by atoms with Crippen LogP contribution in [-0.4, -0.2) is 36.9 Å². The van der Waals surface area contributed by atoms with Crippen molar-refractivity contribution in [2.45, 2.75) is 50.7 Å². The molecule has 0 aliphatic heterocycles. The first-order valence-electron chi connectivity index (χ1n) is 14.9. The number of esters is 1. The number of rotatable bonds is 13. The number of carbonyl (C=O) groups is 1. The number of hydrogen-bond donors (Lipinski definition) is 1. The van der Waals surface area contributed by atoms with E-state index in [1.54, 1.807) is 48.5 Å². The third kappa shape index (κ3) is 8.36. The van der Waals surface area contributed by atoms with Crippen molar-refractivity contribution in [1.82, 2.24) is 4.31 Å². The Bertz CT molecular complexity index is 2040. The predicted octanol–water partition coefficient (Wildman–Crippen LogP) is 7.56. The van der Waals surface area contributed by atoms with Gasteiger partial charge in [0.25, 0.3) is 0 Å². The van der Waals surface area contributed by atoms with Crippen molar-refractivity contribution in [2.24, 2.45) is 5.41 Å². The average molecular weight is 746 g/mol. The van der Waals surface area contributed by atoms with Gasteiger partial charge in [0.1, 0.15) is 10.6 Å². The van der Waals surface area contributed by atoms with Crippen LogP contribution in [0.1, 0.15) is 43.0 Å². The van der Waals surface area contributed by atoms with Crippen LogP contribution in [0.25, 0.3) is 11.1 Å². The number of sulfonamides is 1. The lowest BCUT2D eigenvalue weighted by molar-refractivity contribution is -0.397. The van der Waals surface area contributed by atoms with Crippen molar-refractivity contribution in [3.63, 3.8) is 0 Å². The van der Waals surface area contributed by atoms with E-state index in [-0.39, 0.29) is 29.3 Å². The molecule has 0 saturated carbocycles. The summed E-state index contributed by atoms with van der Waals surface area (Å²) < 4.78 is 86.4. The molecule has 0 aliphatic rings. The minimum atomic E-state index is -4.53. The summed E-state index contributed by atoms with van der Waals surface area (Å²) in [5.74, 6) is -9.70. The van der Waals surface area contributed by atoms with Crippen LogP contribution in [0.5, 0.6) is 5.75 Å². The number of halogens is 3. The molecule has 0 fully saturated rings. The maximum atomic E-state index is 15.8. The van der Waals surface area contributed by atoms with E-state index in [9.17, 15) is 28.1 Å². The highest BCUT2D eigenvalue weighted by molar-refractivity contribution is 7.89. The molecule has 0 amide bonds. The van der Waals surface area contributed by atoms with Crippen molar-refractivity contribution in [3.8, 4) is 22.9 Å². The number of hydrogen-bond acceptors (Lipinski definition) is 9. The van der Waals surface area contributed by atoms with E-state index in [0.29, 0.717) is 11.1 Å². The molecule has 0 aliphatic carbocycles. The monoisotopic (exact) mass is 745 g/mol. The maximum absolute atomic E-state index is 15.8. The van der Waals surface area contributed by atoms with E-state index in [2.05, 4.69) is 15.3 Å². The molecule has 0 radical (unpaired) electrons. The second-order valence-corrected chi connectivity index (χ2v) is 14.8. The van der Waals surface area contributed by atoms with Crippen LogP contribution in [-0.2, 0) is 47.7 Å². The number of benzene rings is 4. The number of nitrogens with zero attached hydrogens (tertiary/aromatic N) is 2. The highest BCUT2D eigenvalue weighted by Crippen LogP contribution is 2.46. The van der Waals surface area contributed by atoms with Gasteiger partial charge in [-0.25, -0.2) is 8.42 Å². The third-order valence-electron chi connectivity index (χ3n) is 7.48. The summed E-state index contributed by atoms with van der Waals surface area (Å²) >= 11 is 6.30. The van der Waals surface area contributed by atoms with Crippen LogP contribution < -0.4 is 4.74 Å². The van der Waals surface area contributed by atoms with Crippen LogP contribution in [0.4, 0.5) is 8.78 Å². The Hall–Kier alpha value is -4.28. The summed E-state index contributed by atoms with van der Waals surface area (Å²) in [7, 11) is -4.90. The Kier molecular flexibility index (Phi) is 11.8. The van der Waals surface area contributed by atoms with Gasteiger partial charge in [-0.05, 0) is 77.9 Å². The first kappa shape index (κ1) is 38.5. The molecule has 4 aromatic carbocycles. The fraction of sp³-hybridized carbons (Fsp3) is 0.257. The second kappa shape index (κ2) is 15.3. The number of nitriles is 1. The summed E-state index contributed by atoms with van der Waals surface area (Å²) in [5.41, 5.74) is 0.452. The zero-order chi connectivity index (χ0) is 36.9. The fourth-order valence-electron chi connectivity index (χ4n) is 4.74. The number of ether oxygens (including phenoxy) is 2. The molecular formula is C35H33ClF2N2O8PS+. The summed E-state index contributed by atoms with van der Waals surface area (Å²) in [6.45, 7) is 3.55. The smallest absolute Gasteiger partial charge is 0.495 e. The summed E-state index contributed by atoms with van der Waals surface area (Å²) in [4.78, 5) is 12.3. The number of alkyl halides is 2. The van der Waals surface area contributed by atoms with E-state index in [1.165, 1.54) is 46.1 Å². The molecule has 2 unspecified atom stereocenters. The highest BCUT2D eigenvalue weighted by atomic mass is 35.5. The van der Waals surface area contributed by atoms with Crippen LogP contribution >= 0.6 is 20.3 Å². The van der Waals surface area contributed by atoms with Gasteiger partial charge in [-0.15, -0.1) is 0 Å². The molecular weight excluding hydrogens is 713 g/mol. The summed E-state index contributed by atoms with van der Waals surface area (Å²) in [6.07, 6.45) is 0. The molecule has 0 heterocycles. The molecule has 0 saturated heterocycles. The molecule has 0 aromatic heterocycles. The molecule has 262 valence electrons. The lowest BCUT2D eigenvalue weighted by Gasteiger charge is -2.32. The van der Waals surface area contributed by atoms with Gasteiger partial charge in [-0.2, -0.15) is 18.3 Å². The normalized spacial score (nSPS) is 13.4. The Balaban J connectivity index is 1.71. The molecule has 0 bridgehead atoms. The van der Waals surface area contributed by atoms with Crippen LogP contribution in [0.2, 0.25) is 5.02 Å². The van der Waals surface area contributed by atoms with Crippen molar-refractivity contribution < 1.29 is 45.7 Å². The largest absolute Gasteiger partial charge is 0.501 e. The Morgan fingerprint density at radius 3 is 2.18 bits per heavy atom. The van der Waals surface area contributed by atoms with Gasteiger partial charge in [-0.1, -0.05) is 76.8 Å². The number of carbonyl (C=O) groups excluding carboxylic acids is 1. The van der Waals surface area contributed by atoms with E-state index in [0.717, 1.165) is 33.6 Å². The SMILES string of the molecule is COc1ccccc1S(=O)(=O)N(Cc1ccc(-c2cccc(C#N)c2)cc1)Cc1ccc(C(F)(F)C(O)(O[PH+]=O)OC(=O)C(C)(C)C)c(Cl)c1. The first-order chi connectivity index (χ1) is 23.5. The number of aliphatic hydroxyl groups is 1. The fourth-order valence-corrected chi connectivity index (χ4v) is 6.92. The van der Waals surface area contributed by atoms with Gasteiger partial charge in [0.05, 0.1) is 29.2 Å². The third-order valence-corrected chi connectivity index (χ3v) is 9.98. The quantitative estimate of drug-likeness (QED) is 0.0833. The van der Waals surface area contributed by atoms with Crippen molar-refractivity contribution in [2.75, 3.05) is 7.11 Å². The Labute approximate surface area is 295 Å². The van der Waals surface area contributed by atoms with Crippen molar-refractivity contribution in [3.05, 3.63) is 118 Å². The minimum absolute atomic E-state index is 0.0846. The molecule has 2 atom stereocenters. The lowest BCUT2D eigenvalue weighted by Crippen LogP contribution is -2.51. The average Bonchev–Trinajstić information content (AvgIpc) is 3.07. The van der Waals surface area contributed by atoms with Gasteiger partial charge in [0.2, 0.25) is 10.0 Å². The molecule has 4 rings (SSSR count). The topological polar surface area (TPSA) is 143 Å². The maximum Gasteiger partial charge on any atom is 0.501 e. The molecule has 50 heavy (non-hydrogen) atoms. The molecule has 10 nitrogen and oxygen atoms in total. The van der Waals surface area contributed by atoms with E-state index in [1.807, 2.05) is 6.07 Å². The van der Waals surface area contributed by atoms with E-state index < -0.39 is 52.6 Å². The lowest BCUT2D eigenvalue weighted by atomic mass is 9.97. The van der Waals surface area contributed by atoms with Crippen molar-refractivity contribution >= 4 is 36.3 Å². The van der Waals surface area contributed by atoms with Crippen molar-refractivity contribution in [1.29, 1.82) is 5.26 Å². The molecule has 0 spiro atoms. The summed E-state index contributed by atoms with van der Waals surface area (Å²) in [5, 5.41) is 19.3. The molecule has 1 N–H and O–H groups in total. The number of para-hydroxylation sites is 1. The highest BCUT2D eigenvalue weighted by Gasteiger charge is 2.64. The van der Waals surface area contributed by atoms with Crippen LogP contribution in [0.15, 0.2) is 95.9 Å². The zero-order valence-corrected chi connectivity index (χ0v) is 29.9. The zero-order valence-electron chi connectivity index (χ0n) is 27.3. The van der Waals surface area contributed by atoms with E-state index in [4.69, 9.17) is 16.3 Å². The molecule has 15 heteroatoms. The van der Waals surface area contributed by atoms with Gasteiger partial charge >= 0.3 is 26.6 Å². The van der Waals surface area contributed by atoms with Crippen LogP contribution in [0, 0.1) is 16.7 Å². The van der Waals surface area contributed by atoms with Gasteiger partial charge in [0, 0.05) is 18.7 Å². The standard InChI is InChI=1S/C35H33ClF2N2O8PS/c1-33(2,3)32(41)47-35(42,48-49-43)34(37,38)28-17-14-25(19-29(28)36)22-40(50(44,45)31-11-6-5-10-30(31)46-4)21-23-12-15-26(16-13-23)27-9-7-8-24(18-27)20-39/h5-19,42,49H,21-22H2,1-4H3/q+1. The molecule has 4 aromatic rings. The van der Waals surface area contributed by atoms with Gasteiger partial charge < -0.3 is 14.6 Å². The first-order valence-corrected chi connectivity index (χ1v) is 17.5. The Morgan fingerprint density at radius 1 is 0.940 bits per heavy atom. The van der Waals surface area contributed by atoms with E-state index >= 15 is 8.78 Å². The summed E-state index contributed by atoms with van der Waals surface area (Å²) in [6, 6.07) is 25.2. The van der Waals surface area contributed by atoms with Crippen LogP contribution in [0.3, 0.4) is 0 Å². The number of methoxy groups -OCH3 is 1. The Morgan fingerprint density at radius 2 is 1.58 bits per heavy atom. The minimum Gasteiger partial charge on any atom is -0.495 e. The predicted molar refractivity (Wildman–Crippen MR) is 182 cm³/mol. The second-order valence-electron chi connectivity index (χ2n) is 12.1. The van der Waals surface area contributed by atoms with Gasteiger partial charge in [0.15, 0.2) is 0 Å². The van der Waals surface area contributed by atoms with Gasteiger partial charge in [-0.3, -0.25) is 4.79 Å².